The van der Waals surface area contributed by atoms with Gasteiger partial charge in [-0.05, 0) is 24.6 Å². The Hall–Kier alpha value is -2.35. The van der Waals surface area contributed by atoms with Crippen LogP contribution in [0.2, 0.25) is 0 Å². The third-order valence-corrected chi connectivity index (χ3v) is 3.84. The highest BCUT2D eigenvalue weighted by atomic mass is 79.9. The lowest BCUT2D eigenvalue weighted by atomic mass is 9.97. The summed E-state index contributed by atoms with van der Waals surface area (Å²) in [5, 5.41) is 7.08. The minimum Gasteiger partial charge on any atom is -0.462 e. The van der Waals surface area contributed by atoms with Gasteiger partial charge in [0, 0.05) is 4.47 Å². The molecular weight excluding hydrogens is 350 g/mol. The number of nitrogens with two attached hydrogens (primary N) is 1. The molecule has 1 aromatic heterocycles. The number of carbonyl (C=O) groups is 1. The molecule has 0 bridgehead atoms. The summed E-state index contributed by atoms with van der Waals surface area (Å²) in [6, 6.07) is 7.11. The molecule has 7 nitrogen and oxygen atoms in total. The van der Waals surface area contributed by atoms with Gasteiger partial charge in [0.1, 0.15) is 23.8 Å². The highest BCUT2D eigenvalue weighted by Crippen LogP contribution is 2.34. The van der Waals surface area contributed by atoms with Crippen LogP contribution in [0.3, 0.4) is 0 Å². The van der Waals surface area contributed by atoms with E-state index in [1.54, 1.807) is 11.6 Å². The van der Waals surface area contributed by atoms with Crippen LogP contribution in [0.15, 0.2) is 46.5 Å². The van der Waals surface area contributed by atoms with E-state index in [4.69, 9.17) is 10.5 Å². The van der Waals surface area contributed by atoms with Gasteiger partial charge >= 0.3 is 5.97 Å². The summed E-state index contributed by atoms with van der Waals surface area (Å²) in [7, 11) is 0. The first kappa shape index (κ1) is 14.6. The third kappa shape index (κ3) is 2.45. The van der Waals surface area contributed by atoms with Crippen molar-refractivity contribution in [1.29, 1.82) is 0 Å². The topological polar surface area (TPSA) is 95.1 Å². The number of carbonyl (C=O) groups excluding carboxylic acids is 1. The van der Waals surface area contributed by atoms with E-state index in [1.165, 1.54) is 6.33 Å². The molecule has 3 N–H and O–H groups in total. The van der Waals surface area contributed by atoms with E-state index in [9.17, 15) is 4.79 Å². The molecule has 8 heteroatoms. The van der Waals surface area contributed by atoms with Crippen molar-refractivity contribution in [2.45, 2.75) is 13.0 Å². The van der Waals surface area contributed by atoms with E-state index >= 15 is 0 Å². The first-order valence-electron chi connectivity index (χ1n) is 6.70. The zero-order valence-electron chi connectivity index (χ0n) is 11.8. The van der Waals surface area contributed by atoms with E-state index in [1.807, 2.05) is 24.3 Å². The van der Waals surface area contributed by atoms with Gasteiger partial charge in [-0.3, -0.25) is 0 Å². The number of anilines is 1. The highest BCUT2D eigenvalue weighted by Gasteiger charge is 2.34. The summed E-state index contributed by atoms with van der Waals surface area (Å²) in [6.07, 6.45) is 1.41. The number of hydrogen-bond donors (Lipinski definition) is 2. The molecule has 22 heavy (non-hydrogen) atoms. The van der Waals surface area contributed by atoms with Gasteiger partial charge in [0.05, 0.1) is 6.61 Å². The number of ether oxygens (including phenoxy) is 1. The summed E-state index contributed by atoms with van der Waals surface area (Å²) < 4.78 is 7.69. The standard InChI is InChI=1S/C14H14BrN5O2/c1-2-22-13(21)10-11(8-3-5-9(15)6-4-8)20-14(17-7-18-20)19-12(10)16/h3-7,11H,2,16H2,1H3,(H,17,18,19). The van der Waals surface area contributed by atoms with Gasteiger partial charge in [0.15, 0.2) is 0 Å². The Bertz CT molecular complexity index is 738. The van der Waals surface area contributed by atoms with Crippen molar-refractivity contribution < 1.29 is 9.53 Å². The van der Waals surface area contributed by atoms with Crippen LogP contribution < -0.4 is 11.1 Å². The van der Waals surface area contributed by atoms with Crippen molar-refractivity contribution in [2.24, 2.45) is 5.73 Å². The summed E-state index contributed by atoms with van der Waals surface area (Å²) in [5.41, 5.74) is 7.20. The number of nitrogens with zero attached hydrogens (tertiary/aromatic N) is 3. The molecule has 0 aliphatic carbocycles. The van der Waals surface area contributed by atoms with Crippen LogP contribution in [0.25, 0.3) is 0 Å². The second kappa shape index (κ2) is 5.80. The zero-order valence-corrected chi connectivity index (χ0v) is 13.4. The smallest absolute Gasteiger partial charge is 0.340 e. The zero-order chi connectivity index (χ0) is 15.7. The van der Waals surface area contributed by atoms with Gasteiger partial charge in [-0.1, -0.05) is 28.1 Å². The number of aromatic nitrogens is 3. The Labute approximate surface area is 135 Å². The quantitative estimate of drug-likeness (QED) is 0.807. The Morgan fingerprint density at radius 2 is 2.18 bits per heavy atom. The van der Waals surface area contributed by atoms with Crippen LogP contribution in [-0.4, -0.2) is 27.3 Å². The molecule has 0 fully saturated rings. The van der Waals surface area contributed by atoms with Crippen molar-refractivity contribution in [3.8, 4) is 0 Å². The fourth-order valence-electron chi connectivity index (χ4n) is 2.37. The van der Waals surface area contributed by atoms with Crippen LogP contribution in [0.4, 0.5) is 5.95 Å². The van der Waals surface area contributed by atoms with Gasteiger partial charge in [-0.15, -0.1) is 0 Å². The number of fused-ring (bicyclic) bond motifs is 1. The predicted octanol–water partition coefficient (Wildman–Crippen LogP) is 1.79. The minimum absolute atomic E-state index is 0.229. The van der Waals surface area contributed by atoms with Gasteiger partial charge in [0.2, 0.25) is 5.95 Å². The number of hydrogen-bond acceptors (Lipinski definition) is 6. The molecule has 0 radical (unpaired) electrons. The second-order valence-electron chi connectivity index (χ2n) is 4.66. The fraction of sp³-hybridized carbons (Fsp3) is 0.214. The molecule has 0 spiro atoms. The largest absolute Gasteiger partial charge is 0.462 e. The molecule has 3 rings (SSSR count). The molecule has 2 heterocycles. The van der Waals surface area contributed by atoms with Crippen LogP contribution in [-0.2, 0) is 9.53 Å². The van der Waals surface area contributed by atoms with Crippen LogP contribution in [0.1, 0.15) is 18.5 Å². The first-order valence-corrected chi connectivity index (χ1v) is 7.50. The average Bonchev–Trinajstić information content (AvgIpc) is 2.94. The Morgan fingerprint density at radius 3 is 2.86 bits per heavy atom. The molecule has 1 unspecified atom stereocenters. The maximum absolute atomic E-state index is 12.3. The van der Waals surface area contributed by atoms with E-state index in [-0.39, 0.29) is 12.4 Å². The molecule has 1 aliphatic rings. The SMILES string of the molecule is CCOC(=O)C1=C(N)Nc2ncnn2C1c1ccc(Br)cc1. The van der Waals surface area contributed by atoms with E-state index in [0.717, 1.165) is 10.0 Å². The second-order valence-corrected chi connectivity index (χ2v) is 5.57. The van der Waals surface area contributed by atoms with E-state index < -0.39 is 12.0 Å². The van der Waals surface area contributed by atoms with Crippen molar-refractivity contribution in [1.82, 2.24) is 14.8 Å². The summed E-state index contributed by atoms with van der Waals surface area (Å²) in [5.74, 6) is 0.243. The maximum atomic E-state index is 12.3. The minimum atomic E-state index is -0.481. The molecule has 2 aromatic rings. The predicted molar refractivity (Wildman–Crippen MR) is 83.8 cm³/mol. The summed E-state index contributed by atoms with van der Waals surface area (Å²) in [4.78, 5) is 16.4. The van der Waals surface area contributed by atoms with Gasteiger partial charge < -0.3 is 15.8 Å². The molecule has 1 atom stereocenters. The number of benzene rings is 1. The lowest BCUT2D eigenvalue weighted by Crippen LogP contribution is -2.33. The number of nitrogens with one attached hydrogen (secondary N) is 1. The normalized spacial score (nSPS) is 16.9. The Kier molecular flexibility index (Phi) is 3.84. The average molecular weight is 364 g/mol. The highest BCUT2D eigenvalue weighted by molar-refractivity contribution is 9.10. The van der Waals surface area contributed by atoms with E-state index in [2.05, 4.69) is 31.3 Å². The molecule has 0 amide bonds. The lowest BCUT2D eigenvalue weighted by Gasteiger charge is -2.27. The molecule has 0 saturated heterocycles. The molecule has 114 valence electrons. The monoisotopic (exact) mass is 363 g/mol. The van der Waals surface area contributed by atoms with Crippen molar-refractivity contribution in [2.75, 3.05) is 11.9 Å². The summed E-state index contributed by atoms with van der Waals surface area (Å²) in [6.45, 7) is 2.02. The lowest BCUT2D eigenvalue weighted by molar-refractivity contribution is -0.139. The fourth-order valence-corrected chi connectivity index (χ4v) is 2.63. The van der Waals surface area contributed by atoms with Crippen molar-refractivity contribution in [3.05, 3.63) is 52.0 Å². The Morgan fingerprint density at radius 1 is 1.45 bits per heavy atom. The molecular formula is C14H14BrN5O2. The molecule has 1 aliphatic heterocycles. The molecule has 0 saturated carbocycles. The Balaban J connectivity index is 2.13. The summed E-state index contributed by atoms with van der Waals surface area (Å²) >= 11 is 3.40. The van der Waals surface area contributed by atoms with Gasteiger partial charge in [-0.25, -0.2) is 9.48 Å². The van der Waals surface area contributed by atoms with Gasteiger partial charge in [0.25, 0.3) is 0 Å². The molecule has 1 aromatic carbocycles. The van der Waals surface area contributed by atoms with Gasteiger partial charge in [-0.2, -0.15) is 10.1 Å². The number of esters is 1. The third-order valence-electron chi connectivity index (χ3n) is 3.31. The van der Waals surface area contributed by atoms with Crippen LogP contribution in [0.5, 0.6) is 0 Å². The van der Waals surface area contributed by atoms with Crippen molar-refractivity contribution in [3.63, 3.8) is 0 Å². The van der Waals surface area contributed by atoms with Crippen molar-refractivity contribution >= 4 is 27.8 Å². The first-order chi connectivity index (χ1) is 10.6. The van der Waals surface area contributed by atoms with Crippen LogP contribution >= 0.6 is 15.9 Å². The number of halogens is 1. The van der Waals surface area contributed by atoms with Crippen LogP contribution in [0, 0.1) is 0 Å². The number of rotatable bonds is 3. The van der Waals surface area contributed by atoms with E-state index in [0.29, 0.717) is 11.5 Å². The maximum Gasteiger partial charge on any atom is 0.340 e.